The third-order valence-corrected chi connectivity index (χ3v) is 4.28. The maximum atomic E-state index is 12.6. The molecule has 1 amide bonds. The van der Waals surface area contributed by atoms with Gasteiger partial charge in [0.25, 0.3) is 11.5 Å². The van der Waals surface area contributed by atoms with E-state index in [9.17, 15) is 9.59 Å². The number of rotatable bonds is 2. The predicted octanol–water partition coefficient (Wildman–Crippen LogP) is 3.10. The second kappa shape index (κ2) is 6.11. The predicted molar refractivity (Wildman–Crippen MR) is 98.8 cm³/mol. The zero-order valence-corrected chi connectivity index (χ0v) is 14.8. The Kier molecular flexibility index (Phi) is 4.16. The molecule has 0 saturated carbocycles. The van der Waals surface area contributed by atoms with Gasteiger partial charge in [-0.25, -0.2) is 4.68 Å². The second-order valence-corrected chi connectivity index (χ2v) is 6.48. The molecule has 0 bridgehead atoms. The Morgan fingerprint density at radius 3 is 2.57 bits per heavy atom. The van der Waals surface area contributed by atoms with Gasteiger partial charge in [-0.15, -0.1) is 0 Å². The van der Waals surface area contributed by atoms with Gasteiger partial charge in [0.05, 0.1) is 5.39 Å². The number of amides is 1. The monoisotopic (exact) mass is 419 g/mol. The van der Waals surface area contributed by atoms with Crippen LogP contribution in [0, 0.1) is 10.5 Å². The molecule has 2 aromatic carbocycles. The van der Waals surface area contributed by atoms with Gasteiger partial charge in [-0.1, -0.05) is 18.2 Å². The van der Waals surface area contributed by atoms with Crippen molar-refractivity contribution in [2.24, 2.45) is 7.05 Å². The molecule has 0 aliphatic carbocycles. The number of fused-ring (bicyclic) bond motifs is 1. The fourth-order valence-electron chi connectivity index (χ4n) is 2.42. The molecular formula is C17H14IN3O2. The molecule has 6 heteroatoms. The molecule has 5 nitrogen and oxygen atoms in total. The summed E-state index contributed by atoms with van der Waals surface area (Å²) in [5.41, 5.74) is 1.72. The summed E-state index contributed by atoms with van der Waals surface area (Å²) in [6, 6.07) is 12.8. The Bertz CT molecular complexity index is 979. The van der Waals surface area contributed by atoms with Crippen LogP contribution in [0.2, 0.25) is 0 Å². The summed E-state index contributed by atoms with van der Waals surface area (Å²) in [7, 11) is 1.54. The molecule has 0 aliphatic rings. The van der Waals surface area contributed by atoms with Crippen LogP contribution in [0.4, 0.5) is 5.69 Å². The van der Waals surface area contributed by atoms with E-state index >= 15 is 0 Å². The van der Waals surface area contributed by atoms with E-state index in [1.807, 2.05) is 25.1 Å². The molecule has 0 aliphatic heterocycles. The van der Waals surface area contributed by atoms with Crippen LogP contribution in [-0.4, -0.2) is 15.7 Å². The first-order valence-electron chi connectivity index (χ1n) is 7.01. The lowest BCUT2D eigenvalue weighted by molar-refractivity contribution is 0.102. The number of anilines is 1. The molecule has 0 spiro atoms. The van der Waals surface area contributed by atoms with Crippen molar-refractivity contribution in [3.63, 3.8) is 0 Å². The van der Waals surface area contributed by atoms with E-state index in [4.69, 9.17) is 0 Å². The van der Waals surface area contributed by atoms with Crippen LogP contribution in [0.25, 0.3) is 10.8 Å². The van der Waals surface area contributed by atoms with Crippen LogP contribution >= 0.6 is 22.6 Å². The lowest BCUT2D eigenvalue weighted by atomic mass is 10.1. The van der Waals surface area contributed by atoms with Crippen LogP contribution in [0.1, 0.15) is 16.1 Å². The van der Waals surface area contributed by atoms with Gasteiger partial charge in [0.1, 0.15) is 0 Å². The fraction of sp³-hybridized carbons (Fsp3) is 0.118. The smallest absolute Gasteiger partial charge is 0.276 e. The zero-order chi connectivity index (χ0) is 16.6. The third-order valence-electron chi connectivity index (χ3n) is 3.61. The van der Waals surface area contributed by atoms with Crippen molar-refractivity contribution in [3.8, 4) is 0 Å². The summed E-state index contributed by atoms with van der Waals surface area (Å²) in [5, 5.41) is 8.04. The van der Waals surface area contributed by atoms with Crippen LogP contribution < -0.4 is 10.9 Å². The molecule has 1 heterocycles. The van der Waals surface area contributed by atoms with Crippen LogP contribution in [0.3, 0.4) is 0 Å². The molecule has 0 radical (unpaired) electrons. The van der Waals surface area contributed by atoms with E-state index in [1.165, 1.54) is 4.68 Å². The van der Waals surface area contributed by atoms with Gasteiger partial charge < -0.3 is 5.32 Å². The average Bonchev–Trinajstić information content (AvgIpc) is 2.53. The summed E-state index contributed by atoms with van der Waals surface area (Å²) in [6.45, 7) is 1.93. The first-order chi connectivity index (χ1) is 11.0. The molecule has 0 unspecified atom stereocenters. The summed E-state index contributed by atoms with van der Waals surface area (Å²) in [5.74, 6) is -0.332. The lowest BCUT2D eigenvalue weighted by Crippen LogP contribution is -2.25. The number of carbonyl (C=O) groups excluding carboxylic acids is 1. The number of carbonyl (C=O) groups is 1. The van der Waals surface area contributed by atoms with E-state index in [2.05, 4.69) is 33.0 Å². The number of aryl methyl sites for hydroxylation is 2. The Labute approximate surface area is 146 Å². The maximum absolute atomic E-state index is 12.6. The molecule has 116 valence electrons. The summed E-state index contributed by atoms with van der Waals surface area (Å²) in [6.07, 6.45) is 0. The third kappa shape index (κ3) is 2.98. The summed E-state index contributed by atoms with van der Waals surface area (Å²) in [4.78, 5) is 24.8. The van der Waals surface area contributed by atoms with Crippen molar-refractivity contribution >= 4 is 45.0 Å². The second-order valence-electron chi connectivity index (χ2n) is 5.24. The van der Waals surface area contributed by atoms with Crippen LogP contribution in [0.15, 0.2) is 47.3 Å². The van der Waals surface area contributed by atoms with Gasteiger partial charge >= 0.3 is 0 Å². The fourth-order valence-corrected chi connectivity index (χ4v) is 3.06. The van der Waals surface area contributed by atoms with Gasteiger partial charge in [-0.3, -0.25) is 9.59 Å². The molecule has 3 aromatic rings. The first-order valence-corrected chi connectivity index (χ1v) is 8.09. The molecule has 1 N–H and O–H groups in total. The Morgan fingerprint density at radius 2 is 1.87 bits per heavy atom. The molecule has 0 saturated heterocycles. The van der Waals surface area contributed by atoms with E-state index in [1.54, 1.807) is 31.3 Å². The Hall–Kier alpha value is -2.22. The average molecular weight is 419 g/mol. The number of nitrogens with zero attached hydrogens (tertiary/aromatic N) is 2. The SMILES string of the molecule is Cc1cc(I)ccc1NC(=O)c1nn(C)c(=O)c2ccccc12. The van der Waals surface area contributed by atoms with Gasteiger partial charge in [0.2, 0.25) is 0 Å². The van der Waals surface area contributed by atoms with Gasteiger partial charge in [0, 0.05) is 21.7 Å². The number of hydrogen-bond acceptors (Lipinski definition) is 3. The highest BCUT2D eigenvalue weighted by Crippen LogP contribution is 2.20. The van der Waals surface area contributed by atoms with Crippen molar-refractivity contribution in [2.45, 2.75) is 6.92 Å². The lowest BCUT2D eigenvalue weighted by Gasteiger charge is -2.11. The number of aromatic nitrogens is 2. The molecular weight excluding hydrogens is 405 g/mol. The van der Waals surface area contributed by atoms with Gasteiger partial charge in [0.15, 0.2) is 5.69 Å². The minimum absolute atomic E-state index is 0.220. The van der Waals surface area contributed by atoms with Crippen molar-refractivity contribution in [1.29, 1.82) is 0 Å². The topological polar surface area (TPSA) is 64.0 Å². The number of nitrogens with one attached hydrogen (secondary N) is 1. The Balaban J connectivity index is 2.08. The van der Waals surface area contributed by atoms with Gasteiger partial charge in [-0.2, -0.15) is 5.10 Å². The van der Waals surface area contributed by atoms with E-state index < -0.39 is 0 Å². The van der Waals surface area contributed by atoms with Crippen molar-refractivity contribution in [2.75, 3.05) is 5.32 Å². The highest BCUT2D eigenvalue weighted by Gasteiger charge is 2.16. The highest BCUT2D eigenvalue weighted by atomic mass is 127. The minimum Gasteiger partial charge on any atom is -0.320 e. The van der Waals surface area contributed by atoms with E-state index in [0.29, 0.717) is 10.8 Å². The molecule has 23 heavy (non-hydrogen) atoms. The van der Waals surface area contributed by atoms with Crippen LogP contribution in [0.5, 0.6) is 0 Å². The molecule has 0 fully saturated rings. The van der Waals surface area contributed by atoms with Crippen LogP contribution in [-0.2, 0) is 7.05 Å². The van der Waals surface area contributed by atoms with E-state index in [-0.39, 0.29) is 17.2 Å². The maximum Gasteiger partial charge on any atom is 0.276 e. The first kappa shape index (κ1) is 15.7. The van der Waals surface area contributed by atoms with Crippen molar-refractivity contribution < 1.29 is 4.79 Å². The quantitative estimate of drug-likeness (QED) is 0.650. The number of hydrogen-bond donors (Lipinski definition) is 1. The molecule has 0 atom stereocenters. The Morgan fingerprint density at radius 1 is 1.17 bits per heavy atom. The molecule has 1 aromatic heterocycles. The van der Waals surface area contributed by atoms with Crippen molar-refractivity contribution in [1.82, 2.24) is 9.78 Å². The van der Waals surface area contributed by atoms with Crippen molar-refractivity contribution in [3.05, 3.63) is 67.6 Å². The normalized spacial score (nSPS) is 10.7. The summed E-state index contributed by atoms with van der Waals surface area (Å²) < 4.78 is 2.29. The minimum atomic E-state index is -0.332. The summed E-state index contributed by atoms with van der Waals surface area (Å²) >= 11 is 2.22. The van der Waals surface area contributed by atoms with E-state index in [0.717, 1.165) is 14.8 Å². The molecule has 3 rings (SSSR count). The number of benzene rings is 2. The standard InChI is InChI=1S/C17H14IN3O2/c1-10-9-11(18)7-8-14(10)19-16(22)15-12-5-3-4-6-13(12)17(23)21(2)20-15/h3-9H,1-2H3,(H,19,22). The zero-order valence-electron chi connectivity index (χ0n) is 12.6. The largest absolute Gasteiger partial charge is 0.320 e. The highest BCUT2D eigenvalue weighted by molar-refractivity contribution is 14.1. The van der Waals surface area contributed by atoms with Gasteiger partial charge in [-0.05, 0) is 59.3 Å². The number of halogens is 1.